The van der Waals surface area contributed by atoms with Gasteiger partial charge in [-0.1, -0.05) is 38.1 Å². The topological polar surface area (TPSA) is 173 Å². The number of carbonyl (C=O) groups is 1. The first-order valence-electron chi connectivity index (χ1n) is 12.4. The van der Waals surface area contributed by atoms with Gasteiger partial charge in [0.1, 0.15) is 17.9 Å². The Morgan fingerprint density at radius 2 is 1.92 bits per heavy atom. The lowest BCUT2D eigenvalue weighted by Gasteiger charge is -2.37. The zero-order valence-corrected chi connectivity index (χ0v) is 22.9. The number of nitrogens with two attached hydrogens (primary N) is 1. The fourth-order valence-electron chi connectivity index (χ4n) is 4.47. The van der Waals surface area contributed by atoms with E-state index in [0.29, 0.717) is 47.9 Å². The van der Waals surface area contributed by atoms with Gasteiger partial charge in [0.15, 0.2) is 26.7 Å². The van der Waals surface area contributed by atoms with E-state index < -0.39 is 21.2 Å². The van der Waals surface area contributed by atoms with Crippen molar-refractivity contribution in [1.82, 2.24) is 25.1 Å². The number of anilines is 3. The monoisotopic (exact) mass is 553 g/mol. The quantitative estimate of drug-likeness (QED) is 0.288. The molecular weight excluding hydrogens is 522 g/mol. The number of benzene rings is 1. The van der Waals surface area contributed by atoms with Crippen LogP contribution in [0, 0.1) is 0 Å². The molecule has 0 saturated carbocycles. The van der Waals surface area contributed by atoms with Crippen molar-refractivity contribution < 1.29 is 17.7 Å². The summed E-state index contributed by atoms with van der Waals surface area (Å²) in [7, 11) is -3.39. The Labute approximate surface area is 225 Å². The van der Waals surface area contributed by atoms with Crippen molar-refractivity contribution in [3.8, 4) is 11.1 Å². The molecule has 13 nitrogen and oxygen atoms in total. The molecular formula is C25H31N9O4S. The first kappa shape index (κ1) is 26.4. The summed E-state index contributed by atoms with van der Waals surface area (Å²) in [5.74, 6) is 1.26. The molecule has 1 aliphatic rings. The standard InChI is InChI=1S/C25H31N9O4S/c1-25(2,3)18-11-19(32-38-18)31-24(35)30-16-7-5-15(6-8-16)17-13-34(23-21(17)22(26)28-14-29-23)33-10-9-27-12-20(33)39(4,36)37/h5-8,11,13-14,20,27H,9-10,12H2,1-4H3,(H2,26,28,29)(H2,30,31,32,35). The summed E-state index contributed by atoms with van der Waals surface area (Å²) in [6.07, 6.45) is 4.41. The minimum Gasteiger partial charge on any atom is -0.383 e. The van der Waals surface area contributed by atoms with E-state index in [-0.39, 0.29) is 11.2 Å². The van der Waals surface area contributed by atoms with E-state index in [4.69, 9.17) is 10.3 Å². The number of hydrogen-bond donors (Lipinski definition) is 4. The van der Waals surface area contributed by atoms with Gasteiger partial charge < -0.3 is 20.9 Å². The summed E-state index contributed by atoms with van der Waals surface area (Å²) in [5, 5.41) is 14.1. The van der Waals surface area contributed by atoms with E-state index in [2.05, 4.69) is 31.1 Å². The van der Waals surface area contributed by atoms with Crippen LogP contribution in [0.4, 0.5) is 22.1 Å². The van der Waals surface area contributed by atoms with Crippen LogP contribution in [0.15, 0.2) is 47.4 Å². The van der Waals surface area contributed by atoms with Gasteiger partial charge in [-0.05, 0) is 17.7 Å². The number of sulfone groups is 1. The van der Waals surface area contributed by atoms with Crippen molar-refractivity contribution in [2.75, 3.05) is 47.3 Å². The van der Waals surface area contributed by atoms with Crippen molar-refractivity contribution >= 4 is 44.2 Å². The molecule has 39 heavy (non-hydrogen) atoms. The van der Waals surface area contributed by atoms with Crippen molar-refractivity contribution in [2.45, 2.75) is 31.6 Å². The van der Waals surface area contributed by atoms with E-state index in [1.807, 2.05) is 39.1 Å². The molecule has 0 spiro atoms. The maximum Gasteiger partial charge on any atom is 0.324 e. The zero-order chi connectivity index (χ0) is 27.9. The first-order valence-corrected chi connectivity index (χ1v) is 14.3. The molecule has 1 fully saturated rings. The Hall–Kier alpha value is -4.17. The zero-order valence-electron chi connectivity index (χ0n) is 22.1. The van der Waals surface area contributed by atoms with E-state index in [1.54, 1.807) is 27.9 Å². The Bertz CT molecular complexity index is 1620. The van der Waals surface area contributed by atoms with Gasteiger partial charge in [0, 0.05) is 54.8 Å². The van der Waals surface area contributed by atoms with Gasteiger partial charge in [-0.3, -0.25) is 10.3 Å². The van der Waals surface area contributed by atoms with Gasteiger partial charge >= 0.3 is 6.03 Å². The van der Waals surface area contributed by atoms with Crippen molar-refractivity contribution in [1.29, 1.82) is 0 Å². The summed E-state index contributed by atoms with van der Waals surface area (Å²) in [4.78, 5) is 21.1. The molecule has 0 bridgehead atoms. The highest BCUT2D eigenvalue weighted by molar-refractivity contribution is 7.91. The number of fused-ring (bicyclic) bond motifs is 1. The van der Waals surface area contributed by atoms with Crippen LogP contribution in [0.5, 0.6) is 0 Å². The highest BCUT2D eigenvalue weighted by atomic mass is 32.2. The van der Waals surface area contributed by atoms with Crippen LogP contribution in [0.25, 0.3) is 22.2 Å². The Morgan fingerprint density at radius 1 is 1.18 bits per heavy atom. The third kappa shape index (κ3) is 5.38. The Kier molecular flexibility index (Phi) is 6.68. The van der Waals surface area contributed by atoms with Crippen molar-refractivity contribution in [3.63, 3.8) is 0 Å². The van der Waals surface area contributed by atoms with Crippen LogP contribution in [0.2, 0.25) is 0 Å². The first-order chi connectivity index (χ1) is 18.4. The van der Waals surface area contributed by atoms with Gasteiger partial charge in [0.25, 0.3) is 0 Å². The molecule has 1 aliphatic heterocycles. The fraction of sp³-hybridized carbons (Fsp3) is 0.360. The molecule has 0 radical (unpaired) electrons. The van der Waals surface area contributed by atoms with E-state index in [0.717, 1.165) is 11.1 Å². The molecule has 0 aliphatic carbocycles. The molecule has 4 aromatic rings. The second-order valence-corrected chi connectivity index (χ2v) is 12.7. The number of nitrogens with one attached hydrogen (secondary N) is 3. The van der Waals surface area contributed by atoms with E-state index >= 15 is 0 Å². The number of nitrogens with zero attached hydrogens (tertiary/aromatic N) is 5. The minimum atomic E-state index is -3.39. The lowest BCUT2D eigenvalue weighted by molar-refractivity contribution is 0.262. The molecule has 1 atom stereocenters. The van der Waals surface area contributed by atoms with Crippen molar-refractivity contribution in [2.24, 2.45) is 0 Å². The third-order valence-electron chi connectivity index (χ3n) is 6.48. The fourth-order valence-corrected chi connectivity index (χ4v) is 5.54. The molecule has 14 heteroatoms. The number of hydrogen-bond acceptors (Lipinski definition) is 10. The van der Waals surface area contributed by atoms with Gasteiger partial charge in [-0.25, -0.2) is 27.9 Å². The summed E-state index contributed by atoms with van der Waals surface area (Å²) in [6, 6.07) is 8.41. The van der Waals surface area contributed by atoms with E-state index in [1.165, 1.54) is 12.6 Å². The predicted molar refractivity (Wildman–Crippen MR) is 150 cm³/mol. The van der Waals surface area contributed by atoms with Crippen LogP contribution in [0.3, 0.4) is 0 Å². The van der Waals surface area contributed by atoms with Gasteiger partial charge in [0.2, 0.25) is 0 Å². The number of urea groups is 1. The lowest BCUT2D eigenvalue weighted by atomic mass is 9.93. The summed E-state index contributed by atoms with van der Waals surface area (Å²) in [6.45, 7) is 7.35. The average Bonchev–Trinajstić information content (AvgIpc) is 3.50. The summed E-state index contributed by atoms with van der Waals surface area (Å²) in [5.41, 5.74) is 8.64. The maximum atomic E-state index is 12.5. The lowest BCUT2D eigenvalue weighted by Crippen LogP contribution is -2.59. The number of carbonyl (C=O) groups excluding carboxylic acids is 1. The molecule has 206 valence electrons. The number of amides is 2. The largest absolute Gasteiger partial charge is 0.383 e. The SMILES string of the molecule is CC(C)(C)c1cc(NC(=O)Nc2ccc(-c3cn(N4CCNCC4S(C)(=O)=O)c4ncnc(N)c34)cc2)no1. The van der Waals surface area contributed by atoms with Gasteiger partial charge in [0.05, 0.1) is 5.39 Å². The molecule has 1 unspecified atom stereocenters. The maximum absolute atomic E-state index is 12.5. The number of aromatic nitrogens is 4. The molecule has 5 rings (SSSR count). The highest BCUT2D eigenvalue weighted by Gasteiger charge is 2.33. The molecule has 1 saturated heterocycles. The van der Waals surface area contributed by atoms with Crippen LogP contribution < -0.4 is 26.7 Å². The second-order valence-electron chi connectivity index (χ2n) is 10.5. The van der Waals surface area contributed by atoms with Crippen LogP contribution in [-0.2, 0) is 15.3 Å². The summed E-state index contributed by atoms with van der Waals surface area (Å²) >= 11 is 0. The molecule has 2 amide bonds. The normalized spacial score (nSPS) is 16.4. The van der Waals surface area contributed by atoms with E-state index in [9.17, 15) is 13.2 Å². The Balaban J connectivity index is 1.41. The number of piperazine rings is 1. The molecule has 1 aromatic carbocycles. The van der Waals surface area contributed by atoms with Gasteiger partial charge in [-0.15, -0.1) is 0 Å². The minimum absolute atomic E-state index is 0.229. The van der Waals surface area contributed by atoms with Crippen LogP contribution in [-0.4, -0.2) is 65.5 Å². The average molecular weight is 554 g/mol. The predicted octanol–water partition coefficient (Wildman–Crippen LogP) is 2.52. The van der Waals surface area contributed by atoms with Gasteiger partial charge in [-0.2, -0.15) is 0 Å². The Morgan fingerprint density at radius 3 is 2.59 bits per heavy atom. The second kappa shape index (κ2) is 9.85. The van der Waals surface area contributed by atoms with Crippen LogP contribution >= 0.6 is 0 Å². The molecule has 3 aromatic heterocycles. The number of rotatable bonds is 5. The van der Waals surface area contributed by atoms with Crippen molar-refractivity contribution in [3.05, 3.63) is 48.6 Å². The molecule has 4 heterocycles. The number of nitrogen functional groups attached to an aromatic ring is 1. The summed E-state index contributed by atoms with van der Waals surface area (Å²) < 4.78 is 32.1. The van der Waals surface area contributed by atoms with Crippen LogP contribution in [0.1, 0.15) is 26.5 Å². The highest BCUT2D eigenvalue weighted by Crippen LogP contribution is 2.34. The molecule has 5 N–H and O–H groups in total. The smallest absolute Gasteiger partial charge is 0.324 e. The third-order valence-corrected chi connectivity index (χ3v) is 7.88.